The lowest BCUT2D eigenvalue weighted by Gasteiger charge is -2.08. The van der Waals surface area contributed by atoms with Crippen LogP contribution in [-0.4, -0.2) is 44.5 Å². The minimum atomic E-state index is -0.816. The predicted molar refractivity (Wildman–Crippen MR) is 100.0 cm³/mol. The highest BCUT2D eigenvalue weighted by atomic mass is 16.7. The van der Waals surface area contributed by atoms with E-state index in [-0.39, 0.29) is 26.4 Å². The summed E-state index contributed by atoms with van der Waals surface area (Å²) in [4.78, 5) is 34.8. The first-order valence-corrected chi connectivity index (χ1v) is 8.90. The molecule has 0 unspecified atom stereocenters. The van der Waals surface area contributed by atoms with Crippen LogP contribution in [0.25, 0.3) is 0 Å². The van der Waals surface area contributed by atoms with Gasteiger partial charge in [-0.1, -0.05) is 36.4 Å². The molecule has 0 heterocycles. The Hall–Kier alpha value is -3.35. The maximum absolute atomic E-state index is 11.7. The average Bonchev–Trinajstić information content (AvgIpc) is 2.74. The van der Waals surface area contributed by atoms with Crippen LogP contribution in [0.3, 0.4) is 0 Å². The van der Waals surface area contributed by atoms with Gasteiger partial charge in [-0.15, -0.1) is 0 Å². The fourth-order valence-corrected chi connectivity index (χ4v) is 2.12. The van der Waals surface area contributed by atoms with Crippen LogP contribution in [0.2, 0.25) is 0 Å². The van der Waals surface area contributed by atoms with Gasteiger partial charge in [0.2, 0.25) is 0 Å². The van der Waals surface area contributed by atoms with E-state index >= 15 is 0 Å². The summed E-state index contributed by atoms with van der Waals surface area (Å²) in [6.07, 6.45) is -0.0890. The van der Waals surface area contributed by atoms with Crippen molar-refractivity contribution in [2.75, 3.05) is 26.4 Å². The van der Waals surface area contributed by atoms with Gasteiger partial charge < -0.3 is 18.9 Å². The molecule has 0 bridgehead atoms. The second kappa shape index (κ2) is 12.1. The third-order valence-electron chi connectivity index (χ3n) is 3.50. The third kappa shape index (κ3) is 7.90. The van der Waals surface area contributed by atoms with E-state index in [1.165, 1.54) is 0 Å². The van der Waals surface area contributed by atoms with Gasteiger partial charge in [-0.2, -0.15) is 0 Å². The zero-order chi connectivity index (χ0) is 20.0. The Labute approximate surface area is 163 Å². The van der Waals surface area contributed by atoms with E-state index in [2.05, 4.69) is 0 Å². The van der Waals surface area contributed by atoms with Crippen molar-refractivity contribution in [3.63, 3.8) is 0 Å². The first kappa shape index (κ1) is 21.0. The number of hydrogen-bond donors (Lipinski definition) is 0. The normalized spacial score (nSPS) is 10.0. The lowest BCUT2D eigenvalue weighted by Crippen LogP contribution is -2.14. The molecule has 28 heavy (non-hydrogen) atoms. The van der Waals surface area contributed by atoms with Crippen LogP contribution < -0.4 is 0 Å². The molecule has 0 fully saturated rings. The predicted octanol–water partition coefficient (Wildman–Crippen LogP) is 3.63. The summed E-state index contributed by atoms with van der Waals surface area (Å²) in [6.45, 7) is 0.417. The van der Waals surface area contributed by atoms with Gasteiger partial charge in [0.15, 0.2) is 0 Å². The number of carbonyl (C=O) groups excluding carboxylic acids is 3. The highest BCUT2D eigenvalue weighted by molar-refractivity contribution is 5.89. The van der Waals surface area contributed by atoms with E-state index in [1.807, 2.05) is 12.1 Å². The fourth-order valence-electron chi connectivity index (χ4n) is 2.12. The summed E-state index contributed by atoms with van der Waals surface area (Å²) >= 11 is 0. The zero-order valence-corrected chi connectivity index (χ0v) is 15.4. The molecule has 7 nitrogen and oxygen atoms in total. The first-order chi connectivity index (χ1) is 13.7. The van der Waals surface area contributed by atoms with Gasteiger partial charge in [0.1, 0.15) is 0 Å². The highest BCUT2D eigenvalue weighted by Crippen LogP contribution is 2.03. The Morgan fingerprint density at radius 1 is 0.536 bits per heavy atom. The molecule has 0 aromatic heterocycles. The Morgan fingerprint density at radius 3 is 1.29 bits per heavy atom. The second-order valence-corrected chi connectivity index (χ2v) is 5.66. The van der Waals surface area contributed by atoms with Gasteiger partial charge in [-0.25, -0.2) is 14.4 Å². The van der Waals surface area contributed by atoms with Crippen LogP contribution >= 0.6 is 0 Å². The molecule has 7 heteroatoms. The molecular weight excluding hydrogens is 364 g/mol. The lowest BCUT2D eigenvalue weighted by atomic mass is 10.2. The largest absolute Gasteiger partial charge is 0.508 e. The number of carbonyl (C=O) groups is 3. The minimum Gasteiger partial charge on any atom is -0.462 e. The third-order valence-corrected chi connectivity index (χ3v) is 3.50. The molecule has 2 aromatic carbocycles. The molecule has 0 aliphatic carbocycles. The molecule has 148 valence electrons. The summed E-state index contributed by atoms with van der Waals surface area (Å²) in [7, 11) is 0. The maximum Gasteiger partial charge on any atom is 0.508 e. The monoisotopic (exact) mass is 386 g/mol. The van der Waals surface area contributed by atoms with Crippen molar-refractivity contribution in [2.45, 2.75) is 12.8 Å². The molecule has 0 radical (unpaired) electrons. The molecule has 0 amide bonds. The van der Waals surface area contributed by atoms with Crippen LogP contribution in [0, 0.1) is 0 Å². The van der Waals surface area contributed by atoms with Gasteiger partial charge in [-0.3, -0.25) is 0 Å². The van der Waals surface area contributed by atoms with Crippen molar-refractivity contribution in [3.05, 3.63) is 71.8 Å². The smallest absolute Gasteiger partial charge is 0.462 e. The average molecular weight is 386 g/mol. The van der Waals surface area contributed by atoms with E-state index in [9.17, 15) is 14.4 Å². The Kier molecular flexibility index (Phi) is 9.06. The van der Waals surface area contributed by atoms with E-state index < -0.39 is 18.1 Å². The summed E-state index contributed by atoms with van der Waals surface area (Å²) in [5.41, 5.74) is 0.937. The maximum atomic E-state index is 11.7. The van der Waals surface area contributed by atoms with Gasteiger partial charge >= 0.3 is 18.1 Å². The van der Waals surface area contributed by atoms with Crippen molar-refractivity contribution in [3.8, 4) is 0 Å². The summed E-state index contributed by atoms with van der Waals surface area (Å²) in [6, 6.07) is 17.3. The summed E-state index contributed by atoms with van der Waals surface area (Å²) in [5, 5.41) is 0. The zero-order valence-electron chi connectivity index (χ0n) is 15.4. The number of benzene rings is 2. The Balaban J connectivity index is 1.46. The Morgan fingerprint density at radius 2 is 0.893 bits per heavy atom. The Bertz CT molecular complexity index is 680. The number of ether oxygens (including phenoxy) is 4. The SMILES string of the molecule is O=C(OCCCOC(=O)c1ccccc1)OCCCOC(=O)c1ccccc1. The number of rotatable bonds is 10. The van der Waals surface area contributed by atoms with Gasteiger partial charge in [0.25, 0.3) is 0 Å². The fraction of sp³-hybridized carbons (Fsp3) is 0.286. The van der Waals surface area contributed by atoms with Gasteiger partial charge in [0.05, 0.1) is 37.6 Å². The lowest BCUT2D eigenvalue weighted by molar-refractivity contribution is 0.0332. The van der Waals surface area contributed by atoms with Crippen LogP contribution in [0.15, 0.2) is 60.7 Å². The minimum absolute atomic E-state index is 0.0733. The highest BCUT2D eigenvalue weighted by Gasteiger charge is 2.08. The van der Waals surface area contributed by atoms with Gasteiger partial charge in [-0.05, 0) is 24.3 Å². The molecular formula is C21H22O7. The first-order valence-electron chi connectivity index (χ1n) is 8.90. The molecule has 0 aliphatic rings. The molecule has 0 spiro atoms. The van der Waals surface area contributed by atoms with Crippen molar-refractivity contribution in [1.82, 2.24) is 0 Å². The molecule has 2 rings (SSSR count). The number of esters is 2. The molecule has 0 N–H and O–H groups in total. The molecule has 2 aromatic rings. The molecule has 0 saturated carbocycles. The van der Waals surface area contributed by atoms with Crippen molar-refractivity contribution in [1.29, 1.82) is 0 Å². The second-order valence-electron chi connectivity index (χ2n) is 5.66. The van der Waals surface area contributed by atoms with Crippen LogP contribution in [0.5, 0.6) is 0 Å². The quantitative estimate of drug-likeness (QED) is 0.350. The van der Waals surface area contributed by atoms with Crippen molar-refractivity contribution < 1.29 is 33.3 Å². The van der Waals surface area contributed by atoms with Crippen LogP contribution in [-0.2, 0) is 18.9 Å². The van der Waals surface area contributed by atoms with E-state index in [0.717, 1.165) is 0 Å². The van der Waals surface area contributed by atoms with E-state index in [4.69, 9.17) is 18.9 Å². The van der Waals surface area contributed by atoms with Gasteiger partial charge in [0, 0.05) is 12.8 Å². The van der Waals surface area contributed by atoms with E-state index in [0.29, 0.717) is 24.0 Å². The van der Waals surface area contributed by atoms with E-state index in [1.54, 1.807) is 48.5 Å². The molecule has 0 atom stereocenters. The van der Waals surface area contributed by atoms with Crippen LogP contribution in [0.1, 0.15) is 33.6 Å². The topological polar surface area (TPSA) is 88.1 Å². The summed E-state index contributed by atoms with van der Waals surface area (Å²) < 4.78 is 19.9. The summed E-state index contributed by atoms with van der Waals surface area (Å²) in [5.74, 6) is -0.846. The van der Waals surface area contributed by atoms with Crippen LogP contribution in [0.4, 0.5) is 4.79 Å². The van der Waals surface area contributed by atoms with Crippen molar-refractivity contribution in [2.24, 2.45) is 0 Å². The standard InChI is InChI=1S/C21H22O7/c22-19(17-9-3-1-4-10-17)25-13-7-15-27-21(24)28-16-8-14-26-20(23)18-11-5-2-6-12-18/h1-6,9-12H,7-8,13-16H2. The number of hydrogen-bond acceptors (Lipinski definition) is 7. The molecule has 0 aliphatic heterocycles. The van der Waals surface area contributed by atoms with Crippen molar-refractivity contribution >= 4 is 18.1 Å². The molecule has 0 saturated heterocycles.